The molecule has 0 spiro atoms. The number of benzene rings is 2. The number of carbonyl (C=O) groups excluding carboxylic acids is 2. The molecule has 8 heteroatoms. The Hall–Kier alpha value is -2.93. The molecule has 1 heterocycles. The first-order valence-corrected chi connectivity index (χ1v) is 8.32. The van der Waals surface area contributed by atoms with Crippen molar-refractivity contribution in [1.29, 1.82) is 0 Å². The Kier molecular flexibility index (Phi) is 5.48. The smallest absolute Gasteiger partial charge is 0.338 e. The van der Waals surface area contributed by atoms with E-state index in [1.54, 1.807) is 24.3 Å². The molecule has 3 rings (SSSR count). The molecule has 2 aromatic carbocycles. The van der Waals surface area contributed by atoms with Crippen LogP contribution in [0.15, 0.2) is 36.4 Å². The molecule has 1 aliphatic rings. The molecule has 26 heavy (non-hydrogen) atoms. The van der Waals surface area contributed by atoms with Crippen molar-refractivity contribution in [2.45, 2.75) is 13.0 Å². The van der Waals surface area contributed by atoms with E-state index < -0.39 is 12.0 Å². The van der Waals surface area contributed by atoms with E-state index >= 15 is 0 Å². The number of esters is 1. The number of amides is 2. The molecule has 0 saturated heterocycles. The van der Waals surface area contributed by atoms with Gasteiger partial charge in [-0.15, -0.1) is 0 Å². The van der Waals surface area contributed by atoms with Crippen molar-refractivity contribution in [3.8, 4) is 11.5 Å². The Morgan fingerprint density at radius 3 is 2.62 bits per heavy atom. The standard InChI is InChI=1S/C18H17ClN2O5/c19-14-8-11(9-15-16(14)25-7-1-6-24-15)10-26-17(22)12-2-4-13(5-3-12)21-18(20)23/h2-5,8-9H,1,6-7,10H2,(H3,20,21,23). The molecule has 2 amide bonds. The second-order valence-corrected chi connectivity index (χ2v) is 6.01. The summed E-state index contributed by atoms with van der Waals surface area (Å²) in [6.45, 7) is 1.12. The van der Waals surface area contributed by atoms with Crippen LogP contribution in [-0.4, -0.2) is 25.2 Å². The number of carbonyl (C=O) groups is 2. The van der Waals surface area contributed by atoms with Crippen molar-refractivity contribution in [2.75, 3.05) is 18.5 Å². The lowest BCUT2D eigenvalue weighted by molar-refractivity contribution is 0.0472. The number of halogens is 1. The Morgan fingerprint density at radius 1 is 1.15 bits per heavy atom. The minimum Gasteiger partial charge on any atom is -0.489 e. The molecular weight excluding hydrogens is 360 g/mol. The molecule has 3 N–H and O–H groups in total. The van der Waals surface area contributed by atoms with Gasteiger partial charge in [0.2, 0.25) is 0 Å². The molecule has 0 unspecified atom stereocenters. The van der Waals surface area contributed by atoms with E-state index in [0.29, 0.717) is 46.5 Å². The zero-order valence-electron chi connectivity index (χ0n) is 13.8. The third-order valence-corrected chi connectivity index (χ3v) is 3.90. The van der Waals surface area contributed by atoms with Gasteiger partial charge in [-0.3, -0.25) is 0 Å². The van der Waals surface area contributed by atoms with E-state index in [1.165, 1.54) is 12.1 Å². The predicted molar refractivity (Wildman–Crippen MR) is 95.8 cm³/mol. The van der Waals surface area contributed by atoms with E-state index in [4.69, 9.17) is 31.5 Å². The fourth-order valence-corrected chi connectivity index (χ4v) is 2.72. The van der Waals surface area contributed by atoms with Crippen LogP contribution in [0.3, 0.4) is 0 Å². The quantitative estimate of drug-likeness (QED) is 0.797. The van der Waals surface area contributed by atoms with Gasteiger partial charge in [-0.25, -0.2) is 9.59 Å². The topological polar surface area (TPSA) is 99.9 Å². The molecule has 0 atom stereocenters. The number of nitrogens with two attached hydrogens (primary N) is 1. The molecule has 0 radical (unpaired) electrons. The third kappa shape index (κ3) is 4.37. The molecule has 0 aromatic heterocycles. The summed E-state index contributed by atoms with van der Waals surface area (Å²) < 4.78 is 16.5. The van der Waals surface area contributed by atoms with Crippen molar-refractivity contribution in [3.05, 3.63) is 52.5 Å². The minimum atomic E-state index is -0.674. The van der Waals surface area contributed by atoms with Gasteiger partial charge in [-0.2, -0.15) is 0 Å². The lowest BCUT2D eigenvalue weighted by atomic mass is 10.2. The number of rotatable bonds is 4. The van der Waals surface area contributed by atoms with Crippen LogP contribution in [0.5, 0.6) is 11.5 Å². The van der Waals surface area contributed by atoms with Crippen molar-refractivity contribution < 1.29 is 23.8 Å². The molecule has 7 nitrogen and oxygen atoms in total. The van der Waals surface area contributed by atoms with Gasteiger partial charge in [0.25, 0.3) is 0 Å². The van der Waals surface area contributed by atoms with Crippen LogP contribution < -0.4 is 20.5 Å². The molecule has 2 aromatic rings. The van der Waals surface area contributed by atoms with Crippen molar-refractivity contribution in [2.24, 2.45) is 5.73 Å². The fraction of sp³-hybridized carbons (Fsp3) is 0.222. The van der Waals surface area contributed by atoms with Crippen LogP contribution in [0.4, 0.5) is 10.5 Å². The zero-order valence-corrected chi connectivity index (χ0v) is 14.5. The Morgan fingerprint density at radius 2 is 1.88 bits per heavy atom. The SMILES string of the molecule is NC(=O)Nc1ccc(C(=O)OCc2cc(Cl)c3c(c2)OCCCO3)cc1. The largest absolute Gasteiger partial charge is 0.489 e. The number of fused-ring (bicyclic) bond motifs is 1. The summed E-state index contributed by atoms with van der Waals surface area (Å²) in [6, 6.07) is 8.95. The molecular formula is C18H17ClN2O5. The fourth-order valence-electron chi connectivity index (χ4n) is 2.43. The highest BCUT2D eigenvalue weighted by Gasteiger charge is 2.16. The van der Waals surface area contributed by atoms with Gasteiger partial charge >= 0.3 is 12.0 Å². The number of hydrogen-bond acceptors (Lipinski definition) is 5. The van der Waals surface area contributed by atoms with Crippen molar-refractivity contribution >= 4 is 29.3 Å². The first kappa shape index (κ1) is 17.9. The molecule has 1 aliphatic heterocycles. The van der Waals surface area contributed by atoms with Gasteiger partial charge in [0.05, 0.1) is 23.8 Å². The van der Waals surface area contributed by atoms with Gasteiger partial charge in [-0.1, -0.05) is 11.6 Å². The summed E-state index contributed by atoms with van der Waals surface area (Å²) in [5.74, 6) is 0.554. The zero-order chi connectivity index (χ0) is 18.5. The maximum Gasteiger partial charge on any atom is 0.338 e. The highest BCUT2D eigenvalue weighted by molar-refractivity contribution is 6.32. The second kappa shape index (κ2) is 7.97. The van der Waals surface area contributed by atoms with E-state index in [2.05, 4.69) is 5.32 Å². The minimum absolute atomic E-state index is 0.0382. The summed E-state index contributed by atoms with van der Waals surface area (Å²) in [5.41, 5.74) is 6.56. The first-order valence-electron chi connectivity index (χ1n) is 7.94. The third-order valence-electron chi connectivity index (χ3n) is 3.62. The van der Waals surface area contributed by atoms with Crippen LogP contribution in [0.1, 0.15) is 22.3 Å². The number of ether oxygens (including phenoxy) is 3. The van der Waals surface area contributed by atoms with Crippen LogP contribution in [0.25, 0.3) is 0 Å². The van der Waals surface area contributed by atoms with Crippen LogP contribution >= 0.6 is 11.6 Å². The number of primary amides is 1. The molecule has 0 fully saturated rings. The summed E-state index contributed by atoms with van der Waals surface area (Å²) >= 11 is 6.22. The summed E-state index contributed by atoms with van der Waals surface area (Å²) in [4.78, 5) is 22.9. The summed E-state index contributed by atoms with van der Waals surface area (Å²) in [6.07, 6.45) is 0.774. The Bertz CT molecular complexity index is 823. The average molecular weight is 377 g/mol. The highest BCUT2D eigenvalue weighted by Crippen LogP contribution is 2.38. The van der Waals surface area contributed by atoms with E-state index in [-0.39, 0.29) is 6.61 Å². The summed E-state index contributed by atoms with van der Waals surface area (Å²) in [5, 5.41) is 2.83. The molecule has 0 saturated carbocycles. The first-order chi connectivity index (χ1) is 12.5. The van der Waals surface area contributed by atoms with E-state index in [0.717, 1.165) is 6.42 Å². The summed E-state index contributed by atoms with van der Waals surface area (Å²) in [7, 11) is 0. The highest BCUT2D eigenvalue weighted by atomic mass is 35.5. The van der Waals surface area contributed by atoms with Gasteiger partial charge < -0.3 is 25.3 Å². The number of hydrogen-bond donors (Lipinski definition) is 2. The average Bonchev–Trinajstić information content (AvgIpc) is 2.85. The van der Waals surface area contributed by atoms with Gasteiger partial charge in [0.15, 0.2) is 11.5 Å². The predicted octanol–water partition coefficient (Wildman–Crippen LogP) is 3.35. The Balaban J connectivity index is 1.65. The van der Waals surface area contributed by atoms with E-state index in [9.17, 15) is 9.59 Å². The van der Waals surface area contributed by atoms with Crippen LogP contribution in [0, 0.1) is 0 Å². The lowest BCUT2D eigenvalue weighted by Crippen LogP contribution is -2.19. The van der Waals surface area contributed by atoms with Gasteiger partial charge in [-0.05, 0) is 42.0 Å². The molecule has 0 aliphatic carbocycles. The van der Waals surface area contributed by atoms with Crippen molar-refractivity contribution in [3.63, 3.8) is 0 Å². The van der Waals surface area contributed by atoms with Gasteiger partial charge in [0, 0.05) is 12.1 Å². The number of nitrogens with one attached hydrogen (secondary N) is 1. The normalized spacial score (nSPS) is 12.8. The maximum absolute atomic E-state index is 12.2. The second-order valence-electron chi connectivity index (χ2n) is 5.60. The maximum atomic E-state index is 12.2. The number of anilines is 1. The monoisotopic (exact) mass is 376 g/mol. The Labute approximate surface area is 155 Å². The lowest BCUT2D eigenvalue weighted by Gasteiger charge is -2.12. The number of urea groups is 1. The van der Waals surface area contributed by atoms with Gasteiger partial charge in [0.1, 0.15) is 6.61 Å². The molecule has 136 valence electrons. The van der Waals surface area contributed by atoms with Crippen LogP contribution in [-0.2, 0) is 11.3 Å². The molecule has 0 bridgehead atoms. The van der Waals surface area contributed by atoms with Crippen LogP contribution in [0.2, 0.25) is 5.02 Å². The van der Waals surface area contributed by atoms with E-state index in [1.807, 2.05) is 0 Å². The van der Waals surface area contributed by atoms with Crippen molar-refractivity contribution in [1.82, 2.24) is 0 Å².